The Morgan fingerprint density at radius 1 is 1.53 bits per heavy atom. The Labute approximate surface area is 110 Å². The molecule has 0 bridgehead atoms. The molecule has 104 valence electrons. The molecule has 2 rings (SSSR count). The molecular weight excluding hydrogens is 248 g/mol. The molecule has 1 aliphatic carbocycles. The van der Waals surface area contributed by atoms with Crippen molar-refractivity contribution in [2.45, 2.75) is 44.6 Å². The fraction of sp³-hybridized carbons (Fsp3) is 0.615. The third-order valence-electron chi connectivity index (χ3n) is 3.79. The van der Waals surface area contributed by atoms with Crippen molar-refractivity contribution >= 4 is 5.97 Å². The highest BCUT2D eigenvalue weighted by molar-refractivity contribution is 5.67. The highest BCUT2D eigenvalue weighted by Gasteiger charge is 2.41. The van der Waals surface area contributed by atoms with Crippen LogP contribution in [0.5, 0.6) is 0 Å². The second-order valence-electron chi connectivity index (χ2n) is 4.92. The van der Waals surface area contributed by atoms with E-state index in [0.29, 0.717) is 17.1 Å². The molecule has 1 saturated carbocycles. The molecule has 0 saturated heterocycles. The molecule has 1 fully saturated rings. The number of aromatic nitrogens is 2. The molecular formula is C13H18N2O4. The molecule has 1 aliphatic rings. The summed E-state index contributed by atoms with van der Waals surface area (Å²) in [6.07, 6.45) is 2.88. The van der Waals surface area contributed by atoms with E-state index in [2.05, 4.69) is 9.97 Å². The van der Waals surface area contributed by atoms with Gasteiger partial charge in [0.05, 0.1) is 0 Å². The number of ether oxygens (including phenoxy) is 1. The predicted molar refractivity (Wildman–Crippen MR) is 68.1 cm³/mol. The summed E-state index contributed by atoms with van der Waals surface area (Å²) in [4.78, 5) is 29.8. The zero-order chi connectivity index (χ0) is 14.0. The van der Waals surface area contributed by atoms with Crippen LogP contribution in [0.2, 0.25) is 0 Å². The lowest BCUT2D eigenvalue weighted by atomic mass is 9.79. The summed E-state index contributed by atoms with van der Waals surface area (Å²) in [5.74, 6) is -0.363. The minimum Gasteiger partial charge on any atom is -0.481 e. The van der Waals surface area contributed by atoms with E-state index in [9.17, 15) is 9.59 Å². The van der Waals surface area contributed by atoms with E-state index in [-0.39, 0.29) is 18.4 Å². The maximum absolute atomic E-state index is 12.0. The van der Waals surface area contributed by atoms with Gasteiger partial charge in [-0.15, -0.1) is 0 Å². The summed E-state index contributed by atoms with van der Waals surface area (Å²) >= 11 is 0. The largest absolute Gasteiger partial charge is 0.481 e. The first-order valence-corrected chi connectivity index (χ1v) is 6.36. The van der Waals surface area contributed by atoms with E-state index in [1.807, 2.05) is 0 Å². The summed E-state index contributed by atoms with van der Waals surface area (Å²) in [5.41, 5.74) is 0.307. The zero-order valence-corrected chi connectivity index (χ0v) is 11.2. The second kappa shape index (κ2) is 5.13. The van der Waals surface area contributed by atoms with Crippen LogP contribution in [0.4, 0.5) is 0 Å². The lowest BCUT2D eigenvalue weighted by Gasteiger charge is -2.39. The van der Waals surface area contributed by atoms with Crippen LogP contribution >= 0.6 is 0 Å². The van der Waals surface area contributed by atoms with Gasteiger partial charge in [-0.1, -0.05) is 0 Å². The Kier molecular flexibility index (Phi) is 3.71. The molecule has 19 heavy (non-hydrogen) atoms. The van der Waals surface area contributed by atoms with Crippen molar-refractivity contribution in [3.8, 4) is 0 Å². The first-order valence-electron chi connectivity index (χ1n) is 6.36. The topological polar surface area (TPSA) is 92.3 Å². The summed E-state index contributed by atoms with van der Waals surface area (Å²) in [6, 6.07) is 0. The molecule has 0 aliphatic heterocycles. The molecule has 1 heterocycles. The average molecular weight is 266 g/mol. The molecule has 0 spiro atoms. The van der Waals surface area contributed by atoms with Crippen molar-refractivity contribution in [3.63, 3.8) is 0 Å². The van der Waals surface area contributed by atoms with E-state index in [0.717, 1.165) is 19.3 Å². The molecule has 0 amide bonds. The lowest BCUT2D eigenvalue weighted by Crippen LogP contribution is -2.40. The molecule has 0 aromatic carbocycles. The highest BCUT2D eigenvalue weighted by Crippen LogP contribution is 2.42. The third-order valence-corrected chi connectivity index (χ3v) is 3.79. The maximum Gasteiger partial charge on any atom is 0.303 e. The van der Waals surface area contributed by atoms with E-state index in [4.69, 9.17) is 9.84 Å². The number of nitrogens with zero attached hydrogens (tertiary/aromatic N) is 1. The number of aromatic amines is 1. The van der Waals surface area contributed by atoms with Crippen molar-refractivity contribution in [2.75, 3.05) is 7.11 Å². The third kappa shape index (κ3) is 2.53. The Hall–Kier alpha value is -1.69. The number of hydrogen-bond donors (Lipinski definition) is 2. The molecule has 0 unspecified atom stereocenters. The Morgan fingerprint density at radius 2 is 2.21 bits per heavy atom. The van der Waals surface area contributed by atoms with Gasteiger partial charge in [-0.3, -0.25) is 9.59 Å². The SMILES string of the molecule is COC1(c2nc(C)c(CCC(=O)O)c(=O)[nH]2)CCC1. The van der Waals surface area contributed by atoms with Gasteiger partial charge in [0, 0.05) is 24.8 Å². The van der Waals surface area contributed by atoms with Gasteiger partial charge in [-0.25, -0.2) is 4.98 Å². The van der Waals surface area contributed by atoms with Crippen LogP contribution in [-0.4, -0.2) is 28.2 Å². The van der Waals surface area contributed by atoms with Crippen LogP contribution in [0.25, 0.3) is 0 Å². The molecule has 1 aromatic rings. The number of nitrogens with one attached hydrogen (secondary N) is 1. The van der Waals surface area contributed by atoms with Crippen LogP contribution in [0.15, 0.2) is 4.79 Å². The van der Waals surface area contributed by atoms with Crippen LogP contribution in [0.1, 0.15) is 42.8 Å². The monoisotopic (exact) mass is 266 g/mol. The van der Waals surface area contributed by atoms with Gasteiger partial charge in [-0.05, 0) is 32.6 Å². The van der Waals surface area contributed by atoms with Gasteiger partial charge in [0.15, 0.2) is 0 Å². The average Bonchev–Trinajstić information content (AvgIpc) is 2.26. The fourth-order valence-electron chi connectivity index (χ4n) is 2.39. The number of hydrogen-bond acceptors (Lipinski definition) is 4. The minimum absolute atomic E-state index is 0.0691. The van der Waals surface area contributed by atoms with Gasteiger partial charge in [0.25, 0.3) is 5.56 Å². The van der Waals surface area contributed by atoms with E-state index < -0.39 is 11.6 Å². The van der Waals surface area contributed by atoms with Gasteiger partial charge >= 0.3 is 5.97 Å². The summed E-state index contributed by atoms with van der Waals surface area (Å²) in [7, 11) is 1.62. The Bertz CT molecular complexity index is 541. The Balaban J connectivity index is 2.31. The number of aryl methyl sites for hydroxylation is 1. The standard InChI is InChI=1S/C13H18N2O4/c1-8-9(4-5-10(16)17)11(18)15-12(14-8)13(19-2)6-3-7-13/h3-7H2,1-2H3,(H,16,17)(H,14,15,18). The summed E-state index contributed by atoms with van der Waals surface area (Å²) < 4.78 is 5.48. The summed E-state index contributed by atoms with van der Waals surface area (Å²) in [5, 5.41) is 8.67. The van der Waals surface area contributed by atoms with Crippen LogP contribution in [0, 0.1) is 6.92 Å². The van der Waals surface area contributed by atoms with Crippen molar-refractivity contribution in [1.82, 2.24) is 9.97 Å². The first kappa shape index (κ1) is 13.7. The van der Waals surface area contributed by atoms with Crippen molar-refractivity contribution in [2.24, 2.45) is 0 Å². The van der Waals surface area contributed by atoms with E-state index >= 15 is 0 Å². The van der Waals surface area contributed by atoms with Gasteiger partial charge in [0.1, 0.15) is 11.4 Å². The number of methoxy groups -OCH3 is 1. The van der Waals surface area contributed by atoms with E-state index in [1.165, 1.54) is 0 Å². The number of H-pyrrole nitrogens is 1. The number of carbonyl (C=O) groups is 1. The lowest BCUT2D eigenvalue weighted by molar-refractivity contribution is -0.136. The smallest absolute Gasteiger partial charge is 0.303 e. The molecule has 0 atom stereocenters. The molecule has 6 heteroatoms. The Morgan fingerprint density at radius 3 is 2.63 bits per heavy atom. The second-order valence-corrected chi connectivity index (χ2v) is 4.92. The van der Waals surface area contributed by atoms with Crippen LogP contribution in [0.3, 0.4) is 0 Å². The van der Waals surface area contributed by atoms with Crippen LogP contribution in [-0.2, 0) is 21.6 Å². The molecule has 0 radical (unpaired) electrons. The zero-order valence-electron chi connectivity index (χ0n) is 11.2. The summed E-state index contributed by atoms with van der Waals surface area (Å²) in [6.45, 7) is 1.73. The molecule has 2 N–H and O–H groups in total. The number of rotatable bonds is 5. The number of carboxylic acid groups (broad SMARTS) is 1. The first-order chi connectivity index (χ1) is 8.98. The minimum atomic E-state index is -0.921. The molecule has 6 nitrogen and oxygen atoms in total. The van der Waals surface area contributed by atoms with Gasteiger partial charge in [-0.2, -0.15) is 0 Å². The number of carboxylic acids is 1. The van der Waals surface area contributed by atoms with E-state index in [1.54, 1.807) is 14.0 Å². The van der Waals surface area contributed by atoms with Crippen molar-refractivity contribution in [3.05, 3.63) is 27.4 Å². The normalized spacial score (nSPS) is 16.9. The number of aliphatic carboxylic acids is 1. The quantitative estimate of drug-likeness (QED) is 0.833. The van der Waals surface area contributed by atoms with Crippen molar-refractivity contribution in [1.29, 1.82) is 0 Å². The highest BCUT2D eigenvalue weighted by atomic mass is 16.5. The maximum atomic E-state index is 12.0. The van der Waals surface area contributed by atoms with Gasteiger partial charge < -0.3 is 14.8 Å². The van der Waals surface area contributed by atoms with Crippen LogP contribution < -0.4 is 5.56 Å². The van der Waals surface area contributed by atoms with Crippen molar-refractivity contribution < 1.29 is 14.6 Å². The predicted octanol–water partition coefficient (Wildman–Crippen LogP) is 1.12. The fourth-order valence-corrected chi connectivity index (χ4v) is 2.39. The van der Waals surface area contributed by atoms with Gasteiger partial charge in [0.2, 0.25) is 0 Å². The molecule has 1 aromatic heterocycles.